The molecule has 0 bridgehead atoms. The van der Waals surface area contributed by atoms with E-state index in [4.69, 9.17) is 14.2 Å². The zero-order valence-corrected chi connectivity index (χ0v) is 10.5. The predicted molar refractivity (Wildman–Crippen MR) is 57.8 cm³/mol. The van der Waals surface area contributed by atoms with Gasteiger partial charge in [-0.1, -0.05) is 0 Å². The number of carbonyl (C=O) groups is 1. The van der Waals surface area contributed by atoms with Crippen LogP contribution in [0.3, 0.4) is 0 Å². The van der Waals surface area contributed by atoms with E-state index >= 15 is 0 Å². The lowest BCUT2D eigenvalue weighted by Gasteiger charge is -2.08. The van der Waals surface area contributed by atoms with E-state index in [0.29, 0.717) is 12.1 Å². The molecular formula is C8H8O8S2. The highest BCUT2D eigenvalue weighted by Gasteiger charge is 2.24. The van der Waals surface area contributed by atoms with Gasteiger partial charge in [0.15, 0.2) is 0 Å². The van der Waals surface area contributed by atoms with E-state index in [1.807, 2.05) is 0 Å². The Morgan fingerprint density at radius 2 is 1.33 bits per heavy atom. The molecule has 100 valence electrons. The molecular weight excluding hydrogens is 288 g/mol. The van der Waals surface area contributed by atoms with Gasteiger partial charge in [0, 0.05) is 0 Å². The van der Waals surface area contributed by atoms with Crippen molar-refractivity contribution in [3.63, 3.8) is 0 Å². The van der Waals surface area contributed by atoms with E-state index in [2.05, 4.69) is 0 Å². The highest BCUT2D eigenvalue weighted by molar-refractivity contribution is 7.86. The molecule has 10 heteroatoms. The molecule has 0 spiro atoms. The molecule has 8 nitrogen and oxygen atoms in total. The van der Waals surface area contributed by atoms with Crippen molar-refractivity contribution in [3.05, 3.63) is 23.3 Å². The van der Waals surface area contributed by atoms with Crippen molar-refractivity contribution >= 4 is 26.2 Å². The van der Waals surface area contributed by atoms with Crippen molar-refractivity contribution < 1.29 is 35.8 Å². The van der Waals surface area contributed by atoms with Crippen LogP contribution in [0.4, 0.5) is 0 Å². The van der Waals surface area contributed by atoms with Crippen molar-refractivity contribution in [2.75, 3.05) is 0 Å². The van der Waals surface area contributed by atoms with Gasteiger partial charge in [-0.25, -0.2) is 4.79 Å². The second kappa shape index (κ2) is 4.31. The average molecular weight is 296 g/mol. The quantitative estimate of drug-likeness (QED) is 0.670. The highest BCUT2D eigenvalue weighted by Crippen LogP contribution is 2.25. The molecule has 0 aliphatic rings. The molecule has 3 N–H and O–H groups in total. The summed E-state index contributed by atoms with van der Waals surface area (Å²) in [5, 5.41) is 8.70. The number of carboxylic acid groups (broad SMARTS) is 1. The van der Waals surface area contributed by atoms with Crippen molar-refractivity contribution in [3.8, 4) is 0 Å². The molecule has 0 amide bonds. The third-order valence-corrected chi connectivity index (χ3v) is 4.07. The van der Waals surface area contributed by atoms with Crippen molar-refractivity contribution in [2.45, 2.75) is 16.7 Å². The van der Waals surface area contributed by atoms with Gasteiger partial charge in [-0.05, 0) is 24.6 Å². The summed E-state index contributed by atoms with van der Waals surface area (Å²) in [6.45, 7) is 1.01. The van der Waals surface area contributed by atoms with Crippen molar-refractivity contribution in [1.29, 1.82) is 0 Å². The summed E-state index contributed by atoms with van der Waals surface area (Å²) in [6.07, 6.45) is 0. The molecule has 0 heterocycles. The molecule has 1 rings (SSSR count). The molecule has 0 atom stereocenters. The van der Waals surface area contributed by atoms with E-state index in [1.54, 1.807) is 0 Å². The van der Waals surface area contributed by atoms with Gasteiger partial charge in [-0.2, -0.15) is 16.8 Å². The highest BCUT2D eigenvalue weighted by atomic mass is 32.2. The molecule has 18 heavy (non-hydrogen) atoms. The summed E-state index contributed by atoms with van der Waals surface area (Å²) in [6, 6.07) is 1.20. The monoisotopic (exact) mass is 296 g/mol. The molecule has 0 saturated heterocycles. The lowest BCUT2D eigenvalue weighted by Crippen LogP contribution is -2.11. The zero-order valence-electron chi connectivity index (χ0n) is 8.85. The van der Waals surface area contributed by atoms with Gasteiger partial charge < -0.3 is 5.11 Å². The van der Waals surface area contributed by atoms with Crippen LogP contribution in [0.5, 0.6) is 0 Å². The van der Waals surface area contributed by atoms with Crippen LogP contribution >= 0.6 is 0 Å². The summed E-state index contributed by atoms with van der Waals surface area (Å²) in [7, 11) is -9.62. The smallest absolute Gasteiger partial charge is 0.335 e. The van der Waals surface area contributed by atoms with Gasteiger partial charge in [0.1, 0.15) is 0 Å². The Kier molecular flexibility index (Phi) is 3.49. The molecule has 0 unspecified atom stereocenters. The number of aromatic carboxylic acids is 1. The fraction of sp³-hybridized carbons (Fsp3) is 0.125. The number of hydrogen-bond acceptors (Lipinski definition) is 5. The standard InChI is InChI=1S/C8H8O8S2/c1-4-6(17(11,12)13)2-5(8(9)10)3-7(4)18(14,15)16/h2-3H,1H3,(H,9,10)(H,11,12,13)(H,14,15,16). The Balaban J connectivity index is 3.87. The fourth-order valence-electron chi connectivity index (χ4n) is 1.32. The first kappa shape index (κ1) is 14.6. The minimum Gasteiger partial charge on any atom is -0.478 e. The van der Waals surface area contributed by atoms with E-state index in [1.165, 1.54) is 0 Å². The first-order valence-electron chi connectivity index (χ1n) is 4.27. The molecule has 0 radical (unpaired) electrons. The first-order valence-corrected chi connectivity index (χ1v) is 7.15. The average Bonchev–Trinajstić information content (AvgIpc) is 2.13. The molecule has 0 aliphatic carbocycles. The van der Waals surface area contributed by atoms with Gasteiger partial charge in [0.05, 0.1) is 15.4 Å². The number of hydrogen-bond donors (Lipinski definition) is 3. The Morgan fingerprint density at radius 1 is 1.00 bits per heavy atom. The van der Waals surface area contributed by atoms with Crippen molar-refractivity contribution in [1.82, 2.24) is 0 Å². The van der Waals surface area contributed by atoms with Gasteiger partial charge in [-0.15, -0.1) is 0 Å². The van der Waals surface area contributed by atoms with E-state index in [0.717, 1.165) is 6.92 Å². The Morgan fingerprint density at radius 3 is 1.56 bits per heavy atom. The largest absolute Gasteiger partial charge is 0.478 e. The number of benzene rings is 1. The zero-order chi connectivity index (χ0) is 14.3. The van der Waals surface area contributed by atoms with Crippen LogP contribution in [0.1, 0.15) is 15.9 Å². The molecule has 0 fully saturated rings. The van der Waals surface area contributed by atoms with Crippen LogP contribution in [0.15, 0.2) is 21.9 Å². The predicted octanol–water partition coefficient (Wildman–Crippen LogP) is 0.187. The van der Waals surface area contributed by atoms with Crippen LogP contribution in [0.25, 0.3) is 0 Å². The Hall–Kier alpha value is -1.49. The van der Waals surface area contributed by atoms with Gasteiger partial charge in [0.25, 0.3) is 20.2 Å². The third kappa shape index (κ3) is 2.85. The molecule has 0 saturated carbocycles. The lowest BCUT2D eigenvalue weighted by atomic mass is 10.1. The van der Waals surface area contributed by atoms with Crippen LogP contribution in [0, 0.1) is 6.92 Å². The second-order valence-corrected chi connectivity index (χ2v) is 6.13. The third-order valence-electron chi connectivity index (χ3n) is 2.12. The SMILES string of the molecule is Cc1c(S(=O)(=O)O)cc(C(=O)O)cc1S(=O)(=O)O. The van der Waals surface area contributed by atoms with Gasteiger partial charge in [-0.3, -0.25) is 9.11 Å². The minimum atomic E-state index is -4.81. The van der Waals surface area contributed by atoms with Crippen LogP contribution in [0.2, 0.25) is 0 Å². The molecule has 0 aliphatic heterocycles. The maximum absolute atomic E-state index is 11.0. The van der Waals surface area contributed by atoms with Crippen LogP contribution < -0.4 is 0 Å². The first-order chi connectivity index (χ1) is 7.94. The topological polar surface area (TPSA) is 146 Å². The fourth-order valence-corrected chi connectivity index (χ4v) is 2.93. The molecule has 1 aromatic rings. The molecule has 1 aromatic carbocycles. The summed E-state index contributed by atoms with van der Waals surface area (Å²) < 4.78 is 61.7. The summed E-state index contributed by atoms with van der Waals surface area (Å²) in [5.74, 6) is -1.61. The van der Waals surface area contributed by atoms with E-state index in [-0.39, 0.29) is 0 Å². The summed E-state index contributed by atoms with van der Waals surface area (Å²) >= 11 is 0. The number of carboxylic acids is 1. The van der Waals surface area contributed by atoms with E-state index in [9.17, 15) is 21.6 Å². The Bertz CT molecular complexity index is 660. The van der Waals surface area contributed by atoms with E-state index < -0.39 is 47.1 Å². The van der Waals surface area contributed by atoms with Gasteiger partial charge in [0.2, 0.25) is 0 Å². The second-order valence-electron chi connectivity index (χ2n) is 3.35. The molecule has 0 aromatic heterocycles. The maximum atomic E-state index is 11.0. The normalized spacial score (nSPS) is 12.4. The van der Waals surface area contributed by atoms with Crippen LogP contribution in [-0.2, 0) is 20.2 Å². The number of rotatable bonds is 3. The van der Waals surface area contributed by atoms with Crippen molar-refractivity contribution in [2.24, 2.45) is 0 Å². The Labute approximate surface area is 102 Å². The van der Waals surface area contributed by atoms with Gasteiger partial charge >= 0.3 is 5.97 Å². The van der Waals surface area contributed by atoms with Crippen LogP contribution in [-0.4, -0.2) is 37.0 Å². The minimum absolute atomic E-state index is 0.468. The lowest BCUT2D eigenvalue weighted by molar-refractivity contribution is 0.0696. The summed E-state index contributed by atoms with van der Waals surface area (Å²) in [4.78, 5) is 8.93. The maximum Gasteiger partial charge on any atom is 0.335 e. The summed E-state index contributed by atoms with van der Waals surface area (Å²) in [5.41, 5.74) is -1.16.